The van der Waals surface area contributed by atoms with Gasteiger partial charge in [-0.2, -0.15) is 4.57 Å². The topological polar surface area (TPSA) is 8.81 Å². The maximum absolute atomic E-state index is 2.34. The normalized spacial score (nSPS) is 12.3. The molecule has 2 nitrogen and oxygen atoms in total. The summed E-state index contributed by atoms with van der Waals surface area (Å²) in [5, 5.41) is 0. The molecule has 2 aromatic carbocycles. The summed E-state index contributed by atoms with van der Waals surface area (Å²) >= 11 is 0. The molecule has 0 unspecified atom stereocenters. The molecule has 0 saturated carbocycles. The SMILES string of the molecule is Cc1ccc2c(c1)C[n+]1ccn(-c3c(C)cccc3C)c1-2. The number of aryl methyl sites for hydroxylation is 3. The van der Waals surface area contributed by atoms with Gasteiger partial charge in [-0.25, -0.2) is 4.57 Å². The van der Waals surface area contributed by atoms with Gasteiger partial charge in [0.05, 0.1) is 5.56 Å². The average Bonchev–Trinajstić information content (AvgIpc) is 2.97. The van der Waals surface area contributed by atoms with E-state index in [-0.39, 0.29) is 0 Å². The number of para-hydroxylation sites is 1. The second kappa shape index (κ2) is 4.32. The van der Waals surface area contributed by atoms with Crippen LogP contribution < -0.4 is 4.57 Å². The first-order valence-electron chi connectivity index (χ1n) is 7.42. The van der Waals surface area contributed by atoms with Gasteiger partial charge < -0.3 is 0 Å². The van der Waals surface area contributed by atoms with E-state index < -0.39 is 0 Å². The van der Waals surface area contributed by atoms with Gasteiger partial charge in [-0.15, -0.1) is 0 Å². The molecule has 0 amide bonds. The third-order valence-corrected chi connectivity index (χ3v) is 4.42. The van der Waals surface area contributed by atoms with Gasteiger partial charge in [-0.3, -0.25) is 0 Å². The Bertz CT molecular complexity index is 836. The van der Waals surface area contributed by atoms with E-state index in [4.69, 9.17) is 0 Å². The number of benzene rings is 2. The van der Waals surface area contributed by atoms with Gasteiger partial charge in [0.2, 0.25) is 0 Å². The lowest BCUT2D eigenvalue weighted by atomic mass is 10.1. The predicted molar refractivity (Wildman–Crippen MR) is 84.7 cm³/mol. The third-order valence-electron chi connectivity index (χ3n) is 4.42. The summed E-state index contributed by atoms with van der Waals surface area (Å²) < 4.78 is 4.68. The lowest BCUT2D eigenvalue weighted by molar-refractivity contribution is -0.671. The monoisotopic (exact) mass is 275 g/mol. The molecular weight excluding hydrogens is 256 g/mol. The Hall–Kier alpha value is -2.35. The first kappa shape index (κ1) is 12.4. The molecule has 2 heteroatoms. The lowest BCUT2D eigenvalue weighted by Gasteiger charge is -2.07. The molecule has 2 heterocycles. The fourth-order valence-corrected chi connectivity index (χ4v) is 3.46. The molecule has 0 N–H and O–H groups in total. The second-order valence-electron chi connectivity index (χ2n) is 6.02. The molecule has 0 spiro atoms. The van der Waals surface area contributed by atoms with Gasteiger partial charge >= 0.3 is 0 Å². The number of rotatable bonds is 1. The molecule has 3 aromatic rings. The number of fused-ring (bicyclic) bond motifs is 3. The molecule has 0 atom stereocenters. The molecule has 1 aliphatic rings. The summed E-state index contributed by atoms with van der Waals surface area (Å²) in [5.74, 6) is 1.29. The highest BCUT2D eigenvalue weighted by Crippen LogP contribution is 2.31. The summed E-state index contributed by atoms with van der Waals surface area (Å²) in [6, 6.07) is 13.3. The molecule has 0 radical (unpaired) electrons. The first-order valence-corrected chi connectivity index (χ1v) is 7.42. The van der Waals surface area contributed by atoms with Crippen LogP contribution in [0.15, 0.2) is 48.8 Å². The highest BCUT2D eigenvalue weighted by molar-refractivity contribution is 5.64. The number of hydrogen-bond donors (Lipinski definition) is 0. The molecule has 0 saturated heterocycles. The van der Waals surface area contributed by atoms with Crippen LogP contribution in [0.4, 0.5) is 0 Å². The smallest absolute Gasteiger partial charge is 0.225 e. The zero-order chi connectivity index (χ0) is 14.6. The van der Waals surface area contributed by atoms with E-state index in [9.17, 15) is 0 Å². The highest BCUT2D eigenvalue weighted by atomic mass is 15.2. The molecular formula is C19H19N2+. The first-order chi connectivity index (χ1) is 10.1. The Morgan fingerprint density at radius 3 is 2.52 bits per heavy atom. The third kappa shape index (κ3) is 1.75. The highest BCUT2D eigenvalue weighted by Gasteiger charge is 2.30. The van der Waals surface area contributed by atoms with E-state index in [0.29, 0.717) is 0 Å². The van der Waals surface area contributed by atoms with Crippen molar-refractivity contribution in [1.29, 1.82) is 0 Å². The van der Waals surface area contributed by atoms with Crippen LogP contribution in [0.1, 0.15) is 22.3 Å². The predicted octanol–water partition coefficient (Wildman–Crippen LogP) is 3.72. The van der Waals surface area contributed by atoms with E-state index in [0.717, 1.165) is 6.54 Å². The minimum Gasteiger partial charge on any atom is -0.225 e. The second-order valence-corrected chi connectivity index (χ2v) is 6.02. The maximum atomic E-state index is 2.34. The van der Waals surface area contributed by atoms with E-state index in [1.807, 2.05) is 0 Å². The maximum Gasteiger partial charge on any atom is 0.294 e. The van der Waals surface area contributed by atoms with Crippen LogP contribution in [0.3, 0.4) is 0 Å². The van der Waals surface area contributed by atoms with Gasteiger partial charge in [0.25, 0.3) is 5.82 Å². The molecule has 1 aromatic heterocycles. The summed E-state index contributed by atoms with van der Waals surface area (Å²) in [6.45, 7) is 7.51. The van der Waals surface area contributed by atoms with Crippen molar-refractivity contribution in [2.24, 2.45) is 0 Å². The standard InChI is InChI=1S/C19H19N2/c1-13-7-8-17-16(11-13)12-20-9-10-21(19(17)20)18-14(2)5-4-6-15(18)3/h4-11H,12H2,1-3H3/q+1. The Labute approximate surface area is 125 Å². The van der Waals surface area contributed by atoms with Crippen LogP contribution in [-0.2, 0) is 6.54 Å². The van der Waals surface area contributed by atoms with Crippen LogP contribution in [0.5, 0.6) is 0 Å². The van der Waals surface area contributed by atoms with Crippen molar-refractivity contribution in [2.75, 3.05) is 0 Å². The molecule has 4 rings (SSSR count). The summed E-state index contributed by atoms with van der Waals surface area (Å²) in [7, 11) is 0. The Balaban J connectivity index is 1.99. The van der Waals surface area contributed by atoms with Gasteiger partial charge in [0.15, 0.2) is 0 Å². The van der Waals surface area contributed by atoms with Gasteiger partial charge in [-0.1, -0.05) is 35.9 Å². The van der Waals surface area contributed by atoms with Crippen molar-refractivity contribution < 1.29 is 4.57 Å². The van der Waals surface area contributed by atoms with Crippen molar-refractivity contribution in [3.63, 3.8) is 0 Å². The molecule has 104 valence electrons. The van der Waals surface area contributed by atoms with E-state index >= 15 is 0 Å². The van der Waals surface area contributed by atoms with Crippen LogP contribution in [-0.4, -0.2) is 4.57 Å². The average molecular weight is 275 g/mol. The van der Waals surface area contributed by atoms with Gasteiger partial charge in [0, 0.05) is 5.56 Å². The number of hydrogen-bond acceptors (Lipinski definition) is 0. The minimum atomic E-state index is 0.976. The lowest BCUT2D eigenvalue weighted by Crippen LogP contribution is -2.30. The summed E-state index contributed by atoms with van der Waals surface area (Å²) in [5.41, 5.74) is 8.04. The molecule has 1 aliphatic heterocycles. The largest absolute Gasteiger partial charge is 0.294 e. The quantitative estimate of drug-likeness (QED) is 0.468. The molecule has 0 aliphatic carbocycles. The summed E-state index contributed by atoms with van der Waals surface area (Å²) in [6.07, 6.45) is 4.38. The minimum absolute atomic E-state index is 0.976. The van der Waals surface area contributed by atoms with Crippen LogP contribution in [0.25, 0.3) is 17.1 Å². The zero-order valence-corrected chi connectivity index (χ0v) is 12.7. The zero-order valence-electron chi connectivity index (χ0n) is 12.7. The van der Waals surface area contributed by atoms with Gasteiger partial charge in [0.1, 0.15) is 24.6 Å². The van der Waals surface area contributed by atoms with Crippen molar-refractivity contribution in [2.45, 2.75) is 27.3 Å². The van der Waals surface area contributed by atoms with Gasteiger partial charge in [-0.05, 0) is 38.0 Å². The summed E-state index contributed by atoms with van der Waals surface area (Å²) in [4.78, 5) is 0. The van der Waals surface area contributed by atoms with Crippen molar-refractivity contribution in [3.05, 3.63) is 71.0 Å². The molecule has 0 fully saturated rings. The Morgan fingerprint density at radius 2 is 1.76 bits per heavy atom. The number of imidazole rings is 1. The van der Waals surface area contributed by atoms with E-state index in [1.54, 1.807) is 0 Å². The number of nitrogens with zero attached hydrogens (tertiary/aromatic N) is 2. The Morgan fingerprint density at radius 1 is 1.00 bits per heavy atom. The van der Waals surface area contributed by atoms with E-state index in [2.05, 4.69) is 78.7 Å². The van der Waals surface area contributed by atoms with Crippen molar-refractivity contribution in [3.8, 4) is 17.1 Å². The van der Waals surface area contributed by atoms with E-state index in [1.165, 1.54) is 39.3 Å². The van der Waals surface area contributed by atoms with Crippen LogP contribution >= 0.6 is 0 Å². The fourth-order valence-electron chi connectivity index (χ4n) is 3.46. The van der Waals surface area contributed by atoms with Crippen LogP contribution in [0.2, 0.25) is 0 Å². The molecule has 0 bridgehead atoms. The van der Waals surface area contributed by atoms with Crippen molar-refractivity contribution in [1.82, 2.24) is 4.57 Å². The number of aromatic nitrogens is 2. The van der Waals surface area contributed by atoms with Crippen molar-refractivity contribution >= 4 is 0 Å². The molecule has 21 heavy (non-hydrogen) atoms. The Kier molecular flexibility index (Phi) is 2.55. The fraction of sp³-hybridized carbons (Fsp3) is 0.211. The van der Waals surface area contributed by atoms with Crippen LogP contribution in [0, 0.1) is 20.8 Å².